The molecular formula is C26H29F4N7O2S. The number of fused-ring (bicyclic) bond motifs is 1. The van der Waals surface area contributed by atoms with Gasteiger partial charge in [-0.25, -0.2) is 9.37 Å². The van der Waals surface area contributed by atoms with Gasteiger partial charge >= 0.3 is 6.18 Å². The molecule has 214 valence electrons. The van der Waals surface area contributed by atoms with Crippen molar-refractivity contribution in [3.63, 3.8) is 0 Å². The number of amides is 1. The van der Waals surface area contributed by atoms with Crippen molar-refractivity contribution in [2.45, 2.75) is 57.7 Å². The van der Waals surface area contributed by atoms with Crippen molar-refractivity contribution in [2.24, 2.45) is 0 Å². The van der Waals surface area contributed by atoms with Gasteiger partial charge in [0, 0.05) is 30.1 Å². The molecule has 0 saturated carbocycles. The summed E-state index contributed by atoms with van der Waals surface area (Å²) in [4.78, 5) is 23.3. The van der Waals surface area contributed by atoms with Gasteiger partial charge in [0.2, 0.25) is 11.7 Å². The van der Waals surface area contributed by atoms with Gasteiger partial charge in [-0.15, -0.1) is 11.3 Å². The third-order valence-electron chi connectivity index (χ3n) is 6.71. The Kier molecular flexibility index (Phi) is 7.82. The van der Waals surface area contributed by atoms with E-state index in [0.29, 0.717) is 34.4 Å². The van der Waals surface area contributed by atoms with Crippen LogP contribution >= 0.6 is 11.3 Å². The number of likely N-dealkylation sites (tertiary alicyclic amines) is 1. The number of anilines is 1. The van der Waals surface area contributed by atoms with Crippen LogP contribution in [0.1, 0.15) is 46.8 Å². The van der Waals surface area contributed by atoms with Crippen LogP contribution in [0, 0.1) is 0 Å². The lowest BCUT2D eigenvalue weighted by atomic mass is 10.0. The van der Waals surface area contributed by atoms with E-state index >= 15 is 0 Å². The number of rotatable bonds is 8. The second-order valence-corrected chi connectivity index (χ2v) is 11.3. The number of carbonyl (C=O) groups is 1. The molecule has 3 aromatic heterocycles. The summed E-state index contributed by atoms with van der Waals surface area (Å²) in [5, 5.41) is 11.1. The molecule has 40 heavy (non-hydrogen) atoms. The fourth-order valence-electron chi connectivity index (χ4n) is 4.70. The molecular weight excluding hydrogens is 550 g/mol. The smallest absolute Gasteiger partial charge is 0.379 e. The highest BCUT2D eigenvalue weighted by molar-refractivity contribution is 7.13. The first-order chi connectivity index (χ1) is 19.0. The van der Waals surface area contributed by atoms with Gasteiger partial charge in [-0.3, -0.25) is 4.79 Å². The zero-order valence-electron chi connectivity index (χ0n) is 22.1. The third-order valence-corrected chi connectivity index (χ3v) is 8.00. The van der Waals surface area contributed by atoms with Gasteiger partial charge in [-0.05, 0) is 31.7 Å². The minimum Gasteiger partial charge on any atom is -0.379 e. The molecule has 1 aromatic carbocycles. The quantitative estimate of drug-likeness (QED) is 0.276. The highest BCUT2D eigenvalue weighted by Gasteiger charge is 2.32. The standard InChI is InChI=1S/C26H29F4N7O2S/c1-14(2)25-32-10-21(40-25)24(38)31-11-22-34-23(35-39-22)20-9-15-17(33-18-7-8-36(3)12-16(18)27)5-4-6-19(15)37(20)13-26(28,29)30/h4-6,9-10,14,16,18,33H,7-8,11-13H2,1-3H3,(H,31,38)/t16-,18+/m0/s1. The summed E-state index contributed by atoms with van der Waals surface area (Å²) in [7, 11) is 1.85. The van der Waals surface area contributed by atoms with Gasteiger partial charge in [0.15, 0.2) is 0 Å². The Morgan fingerprint density at radius 3 is 2.80 bits per heavy atom. The molecule has 5 rings (SSSR count). The van der Waals surface area contributed by atoms with Crippen molar-refractivity contribution in [1.29, 1.82) is 0 Å². The summed E-state index contributed by atoms with van der Waals surface area (Å²) in [6, 6.07) is 6.00. The lowest BCUT2D eigenvalue weighted by molar-refractivity contribution is -0.139. The number of hydrogen-bond acceptors (Lipinski definition) is 8. The van der Waals surface area contributed by atoms with Gasteiger partial charge in [-0.2, -0.15) is 18.2 Å². The predicted molar refractivity (Wildman–Crippen MR) is 143 cm³/mol. The molecule has 1 fully saturated rings. The Hall–Kier alpha value is -3.52. The minimum absolute atomic E-state index is 0.0331. The summed E-state index contributed by atoms with van der Waals surface area (Å²) in [6.45, 7) is 3.55. The van der Waals surface area contributed by atoms with E-state index in [0.717, 1.165) is 9.57 Å². The maximum Gasteiger partial charge on any atom is 0.406 e. The lowest BCUT2D eigenvalue weighted by Gasteiger charge is -2.33. The highest BCUT2D eigenvalue weighted by atomic mass is 32.1. The van der Waals surface area contributed by atoms with Crippen LogP contribution in [0.3, 0.4) is 0 Å². The molecule has 9 nitrogen and oxygen atoms in total. The van der Waals surface area contributed by atoms with Crippen LogP contribution in [0.5, 0.6) is 0 Å². The molecule has 0 unspecified atom stereocenters. The van der Waals surface area contributed by atoms with Crippen molar-refractivity contribution in [3.05, 3.63) is 46.2 Å². The number of nitrogens with one attached hydrogen (secondary N) is 2. The molecule has 0 bridgehead atoms. The average molecular weight is 580 g/mol. The number of aromatic nitrogens is 4. The van der Waals surface area contributed by atoms with Gasteiger partial charge in [0.05, 0.1) is 35.0 Å². The summed E-state index contributed by atoms with van der Waals surface area (Å²) >= 11 is 1.28. The monoisotopic (exact) mass is 579 g/mol. The van der Waals surface area contributed by atoms with Crippen LogP contribution in [0.2, 0.25) is 0 Å². The summed E-state index contributed by atoms with van der Waals surface area (Å²) in [6.07, 6.45) is -3.59. The molecule has 2 N–H and O–H groups in total. The summed E-state index contributed by atoms with van der Waals surface area (Å²) in [5.41, 5.74) is 0.914. The zero-order chi connectivity index (χ0) is 28.6. The Morgan fingerprint density at radius 2 is 2.10 bits per heavy atom. The average Bonchev–Trinajstić information content (AvgIpc) is 3.63. The molecule has 1 aliphatic rings. The Morgan fingerprint density at radius 1 is 1.30 bits per heavy atom. The maximum atomic E-state index is 14.7. The fraction of sp³-hybridized carbons (Fsp3) is 0.462. The first-order valence-corrected chi connectivity index (χ1v) is 13.6. The Bertz CT molecular complexity index is 1500. The number of alkyl halides is 4. The van der Waals surface area contributed by atoms with Crippen molar-refractivity contribution < 1.29 is 26.9 Å². The Balaban J connectivity index is 1.40. The largest absolute Gasteiger partial charge is 0.406 e. The predicted octanol–water partition coefficient (Wildman–Crippen LogP) is 5.22. The number of thiazole rings is 1. The number of hydrogen-bond donors (Lipinski definition) is 2. The minimum atomic E-state index is -4.52. The van der Waals surface area contributed by atoms with E-state index in [9.17, 15) is 22.4 Å². The Labute approximate surface area is 231 Å². The number of nitrogens with zero attached hydrogens (tertiary/aromatic N) is 5. The number of piperidine rings is 1. The molecule has 1 aliphatic heterocycles. The normalized spacial score (nSPS) is 18.5. The highest BCUT2D eigenvalue weighted by Crippen LogP contribution is 2.35. The molecule has 4 heterocycles. The van der Waals surface area contributed by atoms with Crippen molar-refractivity contribution in [3.8, 4) is 11.5 Å². The van der Waals surface area contributed by atoms with Crippen LogP contribution in [0.4, 0.5) is 23.2 Å². The molecule has 1 amide bonds. The van der Waals surface area contributed by atoms with Crippen LogP contribution in [-0.4, -0.2) is 69.0 Å². The summed E-state index contributed by atoms with van der Waals surface area (Å²) in [5.74, 6) is -0.206. The van der Waals surface area contributed by atoms with E-state index in [1.807, 2.05) is 25.8 Å². The van der Waals surface area contributed by atoms with Crippen LogP contribution in [-0.2, 0) is 13.1 Å². The van der Waals surface area contributed by atoms with Crippen molar-refractivity contribution >= 4 is 33.8 Å². The van der Waals surface area contributed by atoms with E-state index in [2.05, 4.69) is 25.8 Å². The molecule has 1 saturated heterocycles. The van der Waals surface area contributed by atoms with E-state index in [-0.39, 0.29) is 42.3 Å². The van der Waals surface area contributed by atoms with Crippen LogP contribution < -0.4 is 10.6 Å². The molecule has 0 spiro atoms. The van der Waals surface area contributed by atoms with E-state index in [1.54, 1.807) is 24.3 Å². The van der Waals surface area contributed by atoms with Crippen molar-refractivity contribution in [2.75, 3.05) is 25.5 Å². The zero-order valence-corrected chi connectivity index (χ0v) is 22.9. The van der Waals surface area contributed by atoms with E-state index < -0.39 is 24.9 Å². The molecule has 2 atom stereocenters. The number of halogens is 4. The van der Waals surface area contributed by atoms with Gasteiger partial charge in [0.25, 0.3) is 5.91 Å². The molecule has 0 radical (unpaired) electrons. The molecule has 14 heteroatoms. The second-order valence-electron chi connectivity index (χ2n) is 10.2. The van der Waals surface area contributed by atoms with Gasteiger partial charge < -0.3 is 24.6 Å². The van der Waals surface area contributed by atoms with Crippen molar-refractivity contribution in [1.82, 2.24) is 29.9 Å². The second kappa shape index (κ2) is 11.2. The van der Waals surface area contributed by atoms with Gasteiger partial charge in [0.1, 0.15) is 17.6 Å². The van der Waals surface area contributed by atoms with E-state index in [4.69, 9.17) is 4.52 Å². The van der Waals surface area contributed by atoms with Crippen LogP contribution in [0.15, 0.2) is 35.0 Å². The molecule has 4 aromatic rings. The first-order valence-electron chi connectivity index (χ1n) is 12.8. The lowest BCUT2D eigenvalue weighted by Crippen LogP contribution is -2.46. The third kappa shape index (κ3) is 6.12. The fourth-order valence-corrected chi connectivity index (χ4v) is 5.53. The molecule has 0 aliphatic carbocycles. The summed E-state index contributed by atoms with van der Waals surface area (Å²) < 4.78 is 61.9. The number of carbonyl (C=O) groups excluding carboxylic acids is 1. The number of benzene rings is 1. The van der Waals surface area contributed by atoms with Crippen LogP contribution in [0.25, 0.3) is 22.4 Å². The first kappa shape index (κ1) is 28.0. The topological polar surface area (TPSA) is 101 Å². The van der Waals surface area contributed by atoms with E-state index in [1.165, 1.54) is 17.5 Å². The van der Waals surface area contributed by atoms with Gasteiger partial charge in [-0.1, -0.05) is 25.1 Å². The SMILES string of the molecule is CC(C)c1ncc(C(=O)NCc2nc(-c3cc4c(N[C@@H]5CCN(C)C[C@@H]5F)cccc4n3CC(F)(F)F)no2)s1. The maximum absolute atomic E-state index is 14.7.